The topological polar surface area (TPSA) is 109 Å². The van der Waals surface area contributed by atoms with Gasteiger partial charge in [-0.1, -0.05) is 36.4 Å². The Morgan fingerprint density at radius 3 is 2.27 bits per heavy atom. The summed E-state index contributed by atoms with van der Waals surface area (Å²) in [7, 11) is -3.59. The van der Waals surface area contributed by atoms with Gasteiger partial charge in [-0.05, 0) is 47.2 Å². The quantitative estimate of drug-likeness (QED) is 0.376. The third kappa shape index (κ3) is 4.88. The predicted octanol–water partition coefficient (Wildman–Crippen LogP) is 3.16. The van der Waals surface area contributed by atoms with Crippen LogP contribution in [0.15, 0.2) is 83.9 Å². The molecule has 2 aromatic carbocycles. The number of rotatable bonds is 8. The molecule has 0 radical (unpaired) electrons. The fourth-order valence-corrected chi connectivity index (χ4v) is 3.92. The van der Waals surface area contributed by atoms with E-state index < -0.39 is 10.0 Å². The summed E-state index contributed by atoms with van der Waals surface area (Å²) >= 11 is 0. The van der Waals surface area contributed by atoms with Crippen LogP contribution in [0.25, 0.3) is 10.8 Å². The Balaban J connectivity index is 1.29. The van der Waals surface area contributed by atoms with Crippen molar-refractivity contribution in [1.82, 2.24) is 19.9 Å². The molecular formula is C21H20N6O2S. The molecule has 4 rings (SSSR count). The second-order valence-electron chi connectivity index (χ2n) is 6.48. The van der Waals surface area contributed by atoms with Gasteiger partial charge in [-0.25, -0.2) is 18.1 Å². The lowest BCUT2D eigenvalue weighted by Gasteiger charge is -2.09. The number of aromatic nitrogens is 3. The van der Waals surface area contributed by atoms with Crippen molar-refractivity contribution in [2.45, 2.75) is 4.90 Å². The van der Waals surface area contributed by atoms with Gasteiger partial charge in [0.15, 0.2) is 5.82 Å². The van der Waals surface area contributed by atoms with Gasteiger partial charge >= 0.3 is 0 Å². The maximum Gasteiger partial charge on any atom is 0.240 e. The molecule has 0 saturated carbocycles. The van der Waals surface area contributed by atoms with E-state index in [4.69, 9.17) is 0 Å². The smallest absolute Gasteiger partial charge is 0.240 e. The van der Waals surface area contributed by atoms with Crippen LogP contribution in [0.5, 0.6) is 0 Å². The van der Waals surface area contributed by atoms with Crippen molar-refractivity contribution in [3.05, 3.63) is 79.0 Å². The zero-order valence-electron chi connectivity index (χ0n) is 16.0. The summed E-state index contributed by atoms with van der Waals surface area (Å²) in [5, 5.41) is 16.1. The molecule has 30 heavy (non-hydrogen) atoms. The first kappa shape index (κ1) is 19.7. The molecule has 0 atom stereocenters. The SMILES string of the molecule is O=S(=O)(NCCNc1ccc(Nc2ccccn2)nn1)c1ccc2ccccc2c1. The molecule has 9 heteroatoms. The molecule has 0 spiro atoms. The van der Waals surface area contributed by atoms with E-state index >= 15 is 0 Å². The average Bonchev–Trinajstić information content (AvgIpc) is 2.78. The Hall–Kier alpha value is -3.56. The Kier molecular flexibility index (Phi) is 5.82. The van der Waals surface area contributed by atoms with Crippen molar-refractivity contribution >= 4 is 38.2 Å². The van der Waals surface area contributed by atoms with Crippen molar-refractivity contribution in [2.75, 3.05) is 23.7 Å². The van der Waals surface area contributed by atoms with Crippen LogP contribution < -0.4 is 15.4 Å². The third-order valence-electron chi connectivity index (χ3n) is 4.34. The number of fused-ring (bicyclic) bond motifs is 1. The van der Waals surface area contributed by atoms with Crippen molar-refractivity contribution < 1.29 is 8.42 Å². The molecule has 0 aliphatic carbocycles. The zero-order valence-corrected chi connectivity index (χ0v) is 16.8. The number of nitrogens with one attached hydrogen (secondary N) is 3. The summed E-state index contributed by atoms with van der Waals surface area (Å²) in [5.74, 6) is 1.79. The second kappa shape index (κ2) is 8.85. The van der Waals surface area contributed by atoms with Gasteiger partial charge in [-0.3, -0.25) is 0 Å². The van der Waals surface area contributed by atoms with E-state index in [-0.39, 0.29) is 11.4 Å². The number of hydrogen-bond acceptors (Lipinski definition) is 7. The van der Waals surface area contributed by atoms with Crippen LogP contribution in [-0.2, 0) is 10.0 Å². The standard InChI is InChI=1S/C21H20N6O2S/c28-30(29,18-9-8-16-5-1-2-6-17(16)15-18)24-14-13-23-20-10-11-21(27-26-20)25-19-7-3-4-12-22-19/h1-12,15,24H,13-14H2,(H,23,26)(H,22,25,27). The molecular weight excluding hydrogens is 400 g/mol. The Morgan fingerprint density at radius 1 is 0.733 bits per heavy atom. The maximum absolute atomic E-state index is 12.5. The highest BCUT2D eigenvalue weighted by atomic mass is 32.2. The van der Waals surface area contributed by atoms with Gasteiger partial charge in [0.2, 0.25) is 10.0 Å². The van der Waals surface area contributed by atoms with Crippen LogP contribution in [0, 0.1) is 0 Å². The molecule has 0 bridgehead atoms. The van der Waals surface area contributed by atoms with Gasteiger partial charge in [-0.2, -0.15) is 0 Å². The molecule has 0 fully saturated rings. The molecule has 0 unspecified atom stereocenters. The van der Waals surface area contributed by atoms with E-state index in [1.165, 1.54) is 0 Å². The van der Waals surface area contributed by atoms with Crippen LogP contribution in [0.1, 0.15) is 0 Å². The molecule has 2 heterocycles. The first-order valence-corrected chi connectivity index (χ1v) is 10.8. The lowest BCUT2D eigenvalue weighted by molar-refractivity contribution is 0.583. The summed E-state index contributed by atoms with van der Waals surface area (Å²) in [6, 6.07) is 21.8. The summed E-state index contributed by atoms with van der Waals surface area (Å²) < 4.78 is 27.6. The number of benzene rings is 2. The van der Waals surface area contributed by atoms with Gasteiger partial charge < -0.3 is 10.6 Å². The van der Waals surface area contributed by atoms with Gasteiger partial charge in [0.25, 0.3) is 0 Å². The van der Waals surface area contributed by atoms with Crippen molar-refractivity contribution in [3.63, 3.8) is 0 Å². The van der Waals surface area contributed by atoms with E-state index in [9.17, 15) is 8.42 Å². The highest BCUT2D eigenvalue weighted by Crippen LogP contribution is 2.18. The first-order valence-electron chi connectivity index (χ1n) is 9.34. The van der Waals surface area contributed by atoms with E-state index in [1.54, 1.807) is 36.5 Å². The lowest BCUT2D eigenvalue weighted by atomic mass is 10.1. The fraction of sp³-hybridized carbons (Fsp3) is 0.0952. The molecule has 152 valence electrons. The zero-order chi connectivity index (χ0) is 20.8. The Labute approximate surface area is 174 Å². The molecule has 0 aliphatic heterocycles. The largest absolute Gasteiger partial charge is 0.367 e. The van der Waals surface area contributed by atoms with E-state index in [1.807, 2.05) is 42.5 Å². The molecule has 0 aliphatic rings. The molecule has 3 N–H and O–H groups in total. The number of anilines is 3. The van der Waals surface area contributed by atoms with Crippen LogP contribution in [0.3, 0.4) is 0 Å². The Bertz CT molecular complexity index is 1230. The maximum atomic E-state index is 12.5. The normalized spacial score (nSPS) is 11.3. The van der Waals surface area contributed by atoms with Gasteiger partial charge in [0.05, 0.1) is 4.90 Å². The van der Waals surface area contributed by atoms with Crippen molar-refractivity contribution in [2.24, 2.45) is 0 Å². The summed E-state index contributed by atoms with van der Waals surface area (Å²) in [5.41, 5.74) is 0. The minimum Gasteiger partial charge on any atom is -0.367 e. The molecule has 8 nitrogen and oxygen atoms in total. The summed E-state index contributed by atoms with van der Waals surface area (Å²) in [6.45, 7) is 0.583. The van der Waals surface area contributed by atoms with Gasteiger partial charge in [-0.15, -0.1) is 10.2 Å². The van der Waals surface area contributed by atoms with Gasteiger partial charge in [0.1, 0.15) is 11.6 Å². The summed E-state index contributed by atoms with van der Waals surface area (Å²) in [4.78, 5) is 4.40. The first-order chi connectivity index (χ1) is 14.6. The lowest BCUT2D eigenvalue weighted by Crippen LogP contribution is -2.29. The average molecular weight is 420 g/mol. The fourth-order valence-electron chi connectivity index (χ4n) is 2.85. The second-order valence-corrected chi connectivity index (χ2v) is 8.24. The van der Waals surface area contributed by atoms with E-state index in [0.717, 1.165) is 10.8 Å². The number of nitrogens with zero attached hydrogens (tertiary/aromatic N) is 3. The van der Waals surface area contributed by atoms with Gasteiger partial charge in [0, 0.05) is 19.3 Å². The highest BCUT2D eigenvalue weighted by molar-refractivity contribution is 7.89. The minimum atomic E-state index is -3.59. The Morgan fingerprint density at radius 2 is 1.50 bits per heavy atom. The van der Waals surface area contributed by atoms with E-state index in [2.05, 4.69) is 30.5 Å². The van der Waals surface area contributed by atoms with Crippen molar-refractivity contribution in [3.8, 4) is 0 Å². The number of pyridine rings is 1. The van der Waals surface area contributed by atoms with Crippen LogP contribution in [-0.4, -0.2) is 36.7 Å². The van der Waals surface area contributed by atoms with Crippen LogP contribution in [0.2, 0.25) is 0 Å². The molecule has 0 amide bonds. The number of hydrogen-bond donors (Lipinski definition) is 3. The predicted molar refractivity (Wildman–Crippen MR) is 117 cm³/mol. The van der Waals surface area contributed by atoms with Crippen molar-refractivity contribution in [1.29, 1.82) is 0 Å². The van der Waals surface area contributed by atoms with E-state index in [0.29, 0.717) is 24.0 Å². The summed E-state index contributed by atoms with van der Waals surface area (Å²) in [6.07, 6.45) is 1.69. The molecule has 4 aromatic rings. The van der Waals surface area contributed by atoms with Crippen LogP contribution >= 0.6 is 0 Å². The monoisotopic (exact) mass is 420 g/mol. The minimum absolute atomic E-state index is 0.213. The molecule has 2 aromatic heterocycles. The van der Waals surface area contributed by atoms with Crippen LogP contribution in [0.4, 0.5) is 17.5 Å². The third-order valence-corrected chi connectivity index (χ3v) is 5.80. The molecule has 0 saturated heterocycles. The highest BCUT2D eigenvalue weighted by Gasteiger charge is 2.13. The number of sulfonamides is 1.